The molecule has 0 saturated carbocycles. The number of benzene rings is 1. The van der Waals surface area contributed by atoms with Crippen molar-refractivity contribution in [3.05, 3.63) is 52.6 Å². The number of halogens is 1. The van der Waals surface area contributed by atoms with Gasteiger partial charge in [-0.2, -0.15) is 5.10 Å². The number of thiazole rings is 1. The first-order valence-corrected chi connectivity index (χ1v) is 7.97. The van der Waals surface area contributed by atoms with E-state index in [1.165, 1.54) is 11.3 Å². The lowest BCUT2D eigenvalue weighted by atomic mass is 10.2. The van der Waals surface area contributed by atoms with Crippen LogP contribution in [0.25, 0.3) is 11.3 Å². The van der Waals surface area contributed by atoms with Gasteiger partial charge in [-0.15, -0.1) is 11.3 Å². The minimum Gasteiger partial charge on any atom is -0.296 e. The van der Waals surface area contributed by atoms with Crippen LogP contribution in [0.5, 0.6) is 0 Å². The number of hydrogen-bond acceptors (Lipinski definition) is 4. The molecule has 2 heterocycles. The molecular formula is C15H13ClN4OS. The van der Waals surface area contributed by atoms with E-state index in [1.54, 1.807) is 16.9 Å². The van der Waals surface area contributed by atoms with Gasteiger partial charge in [0.25, 0.3) is 5.91 Å². The highest BCUT2D eigenvalue weighted by Gasteiger charge is 2.12. The Labute approximate surface area is 136 Å². The minimum atomic E-state index is -0.260. The van der Waals surface area contributed by atoms with E-state index in [0.29, 0.717) is 15.8 Å². The summed E-state index contributed by atoms with van der Waals surface area (Å²) in [5, 5.41) is 10.0. The lowest BCUT2D eigenvalue weighted by molar-refractivity contribution is 0.102. The maximum Gasteiger partial charge on any atom is 0.277 e. The van der Waals surface area contributed by atoms with Gasteiger partial charge >= 0.3 is 0 Å². The van der Waals surface area contributed by atoms with Gasteiger partial charge in [0, 0.05) is 28.7 Å². The molecule has 7 heteroatoms. The molecule has 22 heavy (non-hydrogen) atoms. The third-order valence-electron chi connectivity index (χ3n) is 3.06. The highest BCUT2D eigenvalue weighted by Crippen LogP contribution is 2.26. The van der Waals surface area contributed by atoms with Crippen LogP contribution in [0.2, 0.25) is 5.02 Å². The van der Waals surface area contributed by atoms with E-state index in [4.69, 9.17) is 11.6 Å². The molecule has 0 aliphatic carbocycles. The maximum atomic E-state index is 12.1. The van der Waals surface area contributed by atoms with E-state index in [0.717, 1.165) is 17.8 Å². The van der Waals surface area contributed by atoms with E-state index in [9.17, 15) is 4.79 Å². The quantitative estimate of drug-likeness (QED) is 0.787. The Hall–Kier alpha value is -2.18. The van der Waals surface area contributed by atoms with Crippen molar-refractivity contribution < 1.29 is 4.79 Å². The Bertz CT molecular complexity index is 794. The zero-order chi connectivity index (χ0) is 15.5. The summed E-state index contributed by atoms with van der Waals surface area (Å²) < 4.78 is 1.70. The molecule has 2 aromatic heterocycles. The fourth-order valence-electron chi connectivity index (χ4n) is 1.90. The van der Waals surface area contributed by atoms with Gasteiger partial charge in [-0.3, -0.25) is 14.8 Å². The standard InChI is InChI=1S/C15H13ClN4OS/c1-2-20-8-7-12(19-20)14(21)18-15-17-13(9-22-15)10-3-5-11(16)6-4-10/h3-9H,2H2,1H3,(H,17,18,21). The summed E-state index contributed by atoms with van der Waals surface area (Å²) in [5.74, 6) is -0.260. The Morgan fingerprint density at radius 3 is 2.77 bits per heavy atom. The Morgan fingerprint density at radius 2 is 2.09 bits per heavy atom. The summed E-state index contributed by atoms with van der Waals surface area (Å²) in [6.45, 7) is 2.69. The molecule has 0 bridgehead atoms. The summed E-state index contributed by atoms with van der Waals surface area (Å²) in [5.41, 5.74) is 2.14. The van der Waals surface area contributed by atoms with Crippen LogP contribution in [0, 0.1) is 0 Å². The van der Waals surface area contributed by atoms with E-state index < -0.39 is 0 Å². The SMILES string of the molecule is CCn1ccc(C(=O)Nc2nc(-c3ccc(Cl)cc3)cs2)n1. The molecule has 0 fully saturated rings. The molecule has 3 rings (SSSR count). The second-order valence-electron chi connectivity index (χ2n) is 4.56. The van der Waals surface area contributed by atoms with Crippen molar-refractivity contribution in [2.24, 2.45) is 0 Å². The van der Waals surface area contributed by atoms with Gasteiger partial charge in [0.15, 0.2) is 10.8 Å². The van der Waals surface area contributed by atoms with Gasteiger partial charge in [-0.05, 0) is 25.1 Å². The van der Waals surface area contributed by atoms with Crippen molar-refractivity contribution in [3.8, 4) is 11.3 Å². The van der Waals surface area contributed by atoms with Gasteiger partial charge in [-0.1, -0.05) is 23.7 Å². The highest BCUT2D eigenvalue weighted by atomic mass is 35.5. The molecule has 0 spiro atoms. The molecule has 0 saturated heterocycles. The van der Waals surface area contributed by atoms with Crippen LogP contribution < -0.4 is 5.32 Å². The molecule has 3 aromatic rings. The molecule has 1 aromatic carbocycles. The van der Waals surface area contributed by atoms with Crippen LogP contribution in [0.3, 0.4) is 0 Å². The number of rotatable bonds is 4. The molecule has 0 atom stereocenters. The van der Waals surface area contributed by atoms with Crippen molar-refractivity contribution in [2.45, 2.75) is 13.5 Å². The summed E-state index contributed by atoms with van der Waals surface area (Å²) in [6, 6.07) is 9.10. The Kier molecular flexibility index (Phi) is 4.22. The number of carbonyl (C=O) groups is 1. The molecular weight excluding hydrogens is 320 g/mol. The Balaban J connectivity index is 1.73. The first-order valence-electron chi connectivity index (χ1n) is 6.72. The zero-order valence-corrected chi connectivity index (χ0v) is 13.4. The topological polar surface area (TPSA) is 59.8 Å². The van der Waals surface area contributed by atoms with E-state index >= 15 is 0 Å². The first kappa shape index (κ1) is 14.7. The van der Waals surface area contributed by atoms with Crippen LogP contribution in [0.4, 0.5) is 5.13 Å². The summed E-state index contributed by atoms with van der Waals surface area (Å²) in [7, 11) is 0. The van der Waals surface area contributed by atoms with Gasteiger partial charge in [0.2, 0.25) is 0 Å². The predicted molar refractivity (Wildman–Crippen MR) is 88.4 cm³/mol. The molecule has 1 amide bonds. The van der Waals surface area contributed by atoms with E-state index in [2.05, 4.69) is 15.4 Å². The molecule has 0 aliphatic heterocycles. The smallest absolute Gasteiger partial charge is 0.277 e. The molecule has 112 valence electrons. The fraction of sp³-hybridized carbons (Fsp3) is 0.133. The number of amides is 1. The van der Waals surface area contributed by atoms with Gasteiger partial charge in [0.1, 0.15) is 0 Å². The lowest BCUT2D eigenvalue weighted by Gasteiger charge is -1.99. The lowest BCUT2D eigenvalue weighted by Crippen LogP contribution is -2.13. The van der Waals surface area contributed by atoms with Gasteiger partial charge < -0.3 is 0 Å². The normalized spacial score (nSPS) is 10.6. The third-order valence-corrected chi connectivity index (χ3v) is 4.07. The predicted octanol–water partition coefficient (Wildman–Crippen LogP) is 3.93. The number of aryl methyl sites for hydroxylation is 1. The monoisotopic (exact) mass is 332 g/mol. The van der Waals surface area contributed by atoms with Gasteiger partial charge in [0.05, 0.1) is 5.69 Å². The Morgan fingerprint density at radius 1 is 1.32 bits per heavy atom. The van der Waals surface area contributed by atoms with Crippen molar-refractivity contribution >= 4 is 34.0 Å². The van der Waals surface area contributed by atoms with Crippen LogP contribution in [-0.4, -0.2) is 20.7 Å². The second-order valence-corrected chi connectivity index (χ2v) is 5.85. The molecule has 0 aliphatic rings. The number of anilines is 1. The number of carbonyl (C=O) groups excluding carboxylic acids is 1. The number of nitrogens with zero attached hydrogens (tertiary/aromatic N) is 3. The van der Waals surface area contributed by atoms with Crippen molar-refractivity contribution in [1.29, 1.82) is 0 Å². The second kappa shape index (κ2) is 6.29. The van der Waals surface area contributed by atoms with E-state index in [1.807, 2.05) is 36.6 Å². The molecule has 1 N–H and O–H groups in total. The third kappa shape index (κ3) is 3.18. The number of aromatic nitrogens is 3. The fourth-order valence-corrected chi connectivity index (χ4v) is 2.75. The van der Waals surface area contributed by atoms with Gasteiger partial charge in [-0.25, -0.2) is 4.98 Å². The van der Waals surface area contributed by atoms with Crippen LogP contribution >= 0.6 is 22.9 Å². The molecule has 0 unspecified atom stereocenters. The number of nitrogens with one attached hydrogen (secondary N) is 1. The molecule has 0 radical (unpaired) electrons. The average Bonchev–Trinajstić information content (AvgIpc) is 3.17. The zero-order valence-electron chi connectivity index (χ0n) is 11.8. The van der Waals surface area contributed by atoms with Crippen LogP contribution in [-0.2, 0) is 6.54 Å². The maximum absolute atomic E-state index is 12.1. The number of hydrogen-bond donors (Lipinski definition) is 1. The highest BCUT2D eigenvalue weighted by molar-refractivity contribution is 7.14. The van der Waals surface area contributed by atoms with Crippen molar-refractivity contribution in [1.82, 2.24) is 14.8 Å². The minimum absolute atomic E-state index is 0.260. The van der Waals surface area contributed by atoms with E-state index in [-0.39, 0.29) is 5.91 Å². The summed E-state index contributed by atoms with van der Waals surface area (Å²) in [4.78, 5) is 16.5. The van der Waals surface area contributed by atoms with Crippen molar-refractivity contribution in [3.63, 3.8) is 0 Å². The summed E-state index contributed by atoms with van der Waals surface area (Å²) in [6.07, 6.45) is 1.77. The van der Waals surface area contributed by atoms with Crippen LogP contribution in [0.1, 0.15) is 17.4 Å². The molecule has 5 nitrogen and oxygen atoms in total. The average molecular weight is 333 g/mol. The largest absolute Gasteiger partial charge is 0.296 e. The first-order chi connectivity index (χ1) is 10.7. The van der Waals surface area contributed by atoms with Crippen LogP contribution in [0.15, 0.2) is 41.9 Å². The van der Waals surface area contributed by atoms with Crippen molar-refractivity contribution in [2.75, 3.05) is 5.32 Å². The summed E-state index contributed by atoms with van der Waals surface area (Å²) >= 11 is 7.24.